The Balaban J connectivity index is 2.01. The van der Waals surface area contributed by atoms with E-state index in [-0.39, 0.29) is 18.3 Å². The van der Waals surface area contributed by atoms with Crippen LogP contribution in [-0.4, -0.2) is 53.6 Å². The predicted molar refractivity (Wildman–Crippen MR) is 85.7 cm³/mol. The zero-order chi connectivity index (χ0) is 15.8. The minimum absolute atomic E-state index is 0.308. The molecular weight excluding hydrogens is 265 g/mol. The third-order valence-electron chi connectivity index (χ3n) is 4.35. The van der Waals surface area contributed by atoms with Gasteiger partial charge in [0, 0.05) is 30.9 Å². The van der Waals surface area contributed by atoms with E-state index in [4.69, 9.17) is 9.31 Å². The Labute approximate surface area is 128 Å². The van der Waals surface area contributed by atoms with Crippen molar-refractivity contribution in [3.05, 3.63) is 12.4 Å². The second-order valence-corrected chi connectivity index (χ2v) is 7.45. The molecule has 0 saturated carbocycles. The number of hydrogen-bond donors (Lipinski definition) is 0. The van der Waals surface area contributed by atoms with Crippen LogP contribution in [0.4, 0.5) is 0 Å². The maximum Gasteiger partial charge on any atom is 0.498 e. The fourth-order valence-electron chi connectivity index (χ4n) is 2.58. The van der Waals surface area contributed by atoms with Crippen molar-refractivity contribution in [3.8, 4) is 0 Å². The molecule has 1 aliphatic rings. The minimum Gasteiger partial charge on any atom is -0.399 e. The van der Waals surface area contributed by atoms with Crippen molar-refractivity contribution in [2.75, 3.05) is 20.6 Å². The maximum absolute atomic E-state index is 6.05. The van der Waals surface area contributed by atoms with E-state index in [0.29, 0.717) is 5.92 Å². The summed E-state index contributed by atoms with van der Waals surface area (Å²) in [7, 11) is 3.86. The number of nitrogens with zero attached hydrogens (tertiary/aromatic N) is 3. The summed E-state index contributed by atoms with van der Waals surface area (Å²) in [5.41, 5.74) is 0.376. The van der Waals surface area contributed by atoms with Crippen molar-refractivity contribution in [2.24, 2.45) is 5.92 Å². The second kappa shape index (κ2) is 5.74. The van der Waals surface area contributed by atoms with Crippen LogP contribution in [0.25, 0.3) is 0 Å². The molecule has 0 bridgehead atoms. The molecule has 0 amide bonds. The van der Waals surface area contributed by atoms with E-state index in [9.17, 15) is 0 Å². The summed E-state index contributed by atoms with van der Waals surface area (Å²) in [6.07, 6.45) is 3.89. The SMILES string of the molecule is C[C@@H](CN(C)C)Cn1cc(B2OC(C)(C)C(C)(C)O2)cn1. The van der Waals surface area contributed by atoms with E-state index >= 15 is 0 Å². The average Bonchev–Trinajstić information content (AvgIpc) is 2.81. The van der Waals surface area contributed by atoms with Gasteiger partial charge < -0.3 is 14.2 Å². The zero-order valence-electron chi connectivity index (χ0n) is 14.4. The van der Waals surface area contributed by atoms with Crippen LogP contribution < -0.4 is 5.46 Å². The fraction of sp³-hybridized carbons (Fsp3) is 0.800. The topological polar surface area (TPSA) is 39.5 Å². The number of aromatic nitrogens is 2. The lowest BCUT2D eigenvalue weighted by molar-refractivity contribution is 0.00578. The molecule has 2 rings (SSSR count). The largest absolute Gasteiger partial charge is 0.498 e. The van der Waals surface area contributed by atoms with Crippen molar-refractivity contribution in [3.63, 3.8) is 0 Å². The first kappa shape index (κ1) is 16.5. The highest BCUT2D eigenvalue weighted by Gasteiger charge is 2.52. The molecule has 0 aromatic carbocycles. The van der Waals surface area contributed by atoms with E-state index in [1.807, 2.05) is 17.1 Å². The Kier molecular flexibility index (Phi) is 4.52. The summed E-state index contributed by atoms with van der Waals surface area (Å²) in [5.74, 6) is 0.547. The molecular formula is C15H28BN3O2. The van der Waals surface area contributed by atoms with Crippen molar-refractivity contribution >= 4 is 12.6 Å². The van der Waals surface area contributed by atoms with Gasteiger partial charge in [-0.3, -0.25) is 4.68 Å². The van der Waals surface area contributed by atoms with Gasteiger partial charge in [-0.25, -0.2) is 0 Å². The van der Waals surface area contributed by atoms with Gasteiger partial charge in [-0.1, -0.05) is 6.92 Å². The maximum atomic E-state index is 6.05. The van der Waals surface area contributed by atoms with Crippen molar-refractivity contribution in [1.82, 2.24) is 14.7 Å². The van der Waals surface area contributed by atoms with Gasteiger partial charge in [-0.05, 0) is 47.7 Å². The van der Waals surface area contributed by atoms with Crippen LogP contribution in [0.5, 0.6) is 0 Å². The Bertz CT molecular complexity index is 469. The van der Waals surface area contributed by atoms with Crippen molar-refractivity contribution in [1.29, 1.82) is 0 Å². The molecule has 1 fully saturated rings. The van der Waals surface area contributed by atoms with Crippen LogP contribution in [-0.2, 0) is 15.9 Å². The van der Waals surface area contributed by atoms with Gasteiger partial charge in [0.05, 0.1) is 11.2 Å². The van der Waals surface area contributed by atoms with Gasteiger partial charge in [0.2, 0.25) is 0 Å². The summed E-state index contributed by atoms with van der Waals surface area (Å²) < 4.78 is 14.1. The van der Waals surface area contributed by atoms with Crippen LogP contribution in [0.3, 0.4) is 0 Å². The van der Waals surface area contributed by atoms with Crippen LogP contribution in [0.15, 0.2) is 12.4 Å². The quantitative estimate of drug-likeness (QED) is 0.769. The Hall–Kier alpha value is -0.845. The van der Waals surface area contributed by atoms with Gasteiger partial charge in [-0.15, -0.1) is 0 Å². The molecule has 1 saturated heterocycles. The van der Waals surface area contributed by atoms with Gasteiger partial charge in [0.1, 0.15) is 0 Å². The highest BCUT2D eigenvalue weighted by molar-refractivity contribution is 6.61. The molecule has 118 valence electrons. The second-order valence-electron chi connectivity index (χ2n) is 7.45. The summed E-state index contributed by atoms with van der Waals surface area (Å²) in [4.78, 5) is 2.20. The van der Waals surface area contributed by atoms with Crippen molar-refractivity contribution in [2.45, 2.75) is 52.4 Å². The Morgan fingerprint density at radius 1 is 1.24 bits per heavy atom. The third kappa shape index (κ3) is 3.68. The Morgan fingerprint density at radius 2 is 1.81 bits per heavy atom. The Morgan fingerprint density at radius 3 is 2.33 bits per heavy atom. The fourth-order valence-corrected chi connectivity index (χ4v) is 2.58. The van der Waals surface area contributed by atoms with Gasteiger partial charge in [-0.2, -0.15) is 5.10 Å². The number of rotatable bonds is 5. The molecule has 21 heavy (non-hydrogen) atoms. The third-order valence-corrected chi connectivity index (χ3v) is 4.35. The molecule has 2 heterocycles. The molecule has 1 aromatic rings. The van der Waals surface area contributed by atoms with E-state index in [0.717, 1.165) is 18.6 Å². The van der Waals surface area contributed by atoms with E-state index in [2.05, 4.69) is 58.7 Å². The predicted octanol–water partition coefficient (Wildman–Crippen LogP) is 1.38. The van der Waals surface area contributed by atoms with Crippen LogP contribution in [0, 0.1) is 5.92 Å². The van der Waals surface area contributed by atoms with Gasteiger partial charge in [0.25, 0.3) is 0 Å². The van der Waals surface area contributed by atoms with Crippen LogP contribution in [0.2, 0.25) is 0 Å². The minimum atomic E-state index is -0.326. The van der Waals surface area contributed by atoms with Gasteiger partial charge in [0.15, 0.2) is 0 Å². The van der Waals surface area contributed by atoms with Crippen LogP contribution >= 0.6 is 0 Å². The summed E-state index contributed by atoms with van der Waals surface area (Å²) in [6.45, 7) is 12.4. The molecule has 0 N–H and O–H groups in total. The lowest BCUT2D eigenvalue weighted by Crippen LogP contribution is -2.41. The average molecular weight is 293 g/mol. The van der Waals surface area contributed by atoms with Crippen molar-refractivity contribution < 1.29 is 9.31 Å². The summed E-state index contributed by atoms with van der Waals surface area (Å²) in [5, 5.41) is 4.44. The lowest BCUT2D eigenvalue weighted by Gasteiger charge is -2.32. The first-order chi connectivity index (χ1) is 9.60. The molecule has 6 heteroatoms. The molecule has 1 atom stereocenters. The smallest absolute Gasteiger partial charge is 0.399 e. The molecule has 5 nitrogen and oxygen atoms in total. The molecule has 0 aliphatic carbocycles. The normalized spacial score (nSPS) is 22.0. The molecule has 0 radical (unpaired) electrons. The van der Waals surface area contributed by atoms with E-state index in [1.165, 1.54) is 0 Å². The first-order valence-corrected chi connectivity index (χ1v) is 7.63. The molecule has 1 aromatic heterocycles. The van der Waals surface area contributed by atoms with E-state index < -0.39 is 0 Å². The monoisotopic (exact) mass is 293 g/mol. The van der Waals surface area contributed by atoms with Crippen LogP contribution in [0.1, 0.15) is 34.6 Å². The number of hydrogen-bond acceptors (Lipinski definition) is 4. The van der Waals surface area contributed by atoms with E-state index in [1.54, 1.807) is 0 Å². The highest BCUT2D eigenvalue weighted by Crippen LogP contribution is 2.36. The first-order valence-electron chi connectivity index (χ1n) is 7.63. The molecule has 0 unspecified atom stereocenters. The standard InChI is InChI=1S/C15H28BN3O2/c1-12(9-18(6)7)10-19-11-13(8-17-19)16-20-14(2,3)15(4,5)21-16/h8,11-12H,9-10H2,1-7H3/t12-/m0/s1. The lowest BCUT2D eigenvalue weighted by atomic mass is 9.82. The highest BCUT2D eigenvalue weighted by atomic mass is 16.7. The molecule has 1 aliphatic heterocycles. The zero-order valence-corrected chi connectivity index (χ0v) is 14.4. The van der Waals surface area contributed by atoms with Gasteiger partial charge >= 0.3 is 7.12 Å². The summed E-state index contributed by atoms with van der Waals surface area (Å²) >= 11 is 0. The summed E-state index contributed by atoms with van der Waals surface area (Å²) in [6, 6.07) is 0. The molecule has 0 spiro atoms.